The van der Waals surface area contributed by atoms with E-state index in [9.17, 15) is 5.26 Å². The average molecular weight is 508 g/mol. The molecule has 7 rings (SSSR count). The Kier molecular flexibility index (Phi) is 5.93. The highest BCUT2D eigenvalue weighted by atomic mass is 14.3. The zero-order valence-corrected chi connectivity index (χ0v) is 21.9. The number of rotatable bonds is 4. The van der Waals surface area contributed by atoms with E-state index < -0.39 is 0 Å². The standard InChI is InChI=1S/C39H25N/c40-26-27-20-22-31(23-21-27)37-35-25-33-19-11-10-18-32(33)24-34(35)36(28-12-4-1-5-13-28)38(29-14-6-2-7-15-29)39(37)30-16-8-3-9-17-30/h1-25H. The normalized spacial score (nSPS) is 11.0. The zero-order chi connectivity index (χ0) is 26.9. The summed E-state index contributed by atoms with van der Waals surface area (Å²) in [7, 11) is 0. The van der Waals surface area contributed by atoms with Crippen LogP contribution in [0.2, 0.25) is 0 Å². The summed E-state index contributed by atoms with van der Waals surface area (Å²) in [6.45, 7) is 0. The molecule has 7 aromatic rings. The van der Waals surface area contributed by atoms with E-state index in [4.69, 9.17) is 0 Å². The smallest absolute Gasteiger partial charge is 0.0991 e. The third-order valence-electron chi connectivity index (χ3n) is 7.66. The van der Waals surface area contributed by atoms with Crippen molar-refractivity contribution in [3.05, 3.63) is 157 Å². The Bertz CT molecular complexity index is 2020. The molecule has 0 atom stereocenters. The topological polar surface area (TPSA) is 23.8 Å². The van der Waals surface area contributed by atoms with Gasteiger partial charge in [0.15, 0.2) is 0 Å². The summed E-state index contributed by atoms with van der Waals surface area (Å²) in [4.78, 5) is 0. The molecule has 0 N–H and O–H groups in total. The molecule has 0 aromatic heterocycles. The minimum absolute atomic E-state index is 0.656. The van der Waals surface area contributed by atoms with Crippen molar-refractivity contribution >= 4 is 21.5 Å². The first-order valence-corrected chi connectivity index (χ1v) is 13.5. The number of hydrogen-bond donors (Lipinski definition) is 0. The first kappa shape index (κ1) is 23.7. The lowest BCUT2D eigenvalue weighted by molar-refractivity contribution is 1.48. The molecule has 0 amide bonds. The molecule has 0 aliphatic carbocycles. The van der Waals surface area contributed by atoms with Crippen LogP contribution in [0.1, 0.15) is 5.56 Å². The van der Waals surface area contributed by atoms with Gasteiger partial charge in [0.2, 0.25) is 0 Å². The molecule has 0 aliphatic heterocycles. The minimum Gasteiger partial charge on any atom is -0.192 e. The van der Waals surface area contributed by atoms with Crippen molar-refractivity contribution in [2.45, 2.75) is 0 Å². The molecule has 0 radical (unpaired) electrons. The molecule has 0 unspecified atom stereocenters. The van der Waals surface area contributed by atoms with Crippen molar-refractivity contribution in [2.24, 2.45) is 0 Å². The largest absolute Gasteiger partial charge is 0.192 e. The molecule has 186 valence electrons. The maximum Gasteiger partial charge on any atom is 0.0991 e. The van der Waals surface area contributed by atoms with E-state index in [-0.39, 0.29) is 0 Å². The maximum absolute atomic E-state index is 9.53. The minimum atomic E-state index is 0.656. The Morgan fingerprint density at radius 3 is 1.10 bits per heavy atom. The maximum atomic E-state index is 9.53. The second kappa shape index (κ2) is 10.0. The van der Waals surface area contributed by atoms with Crippen LogP contribution < -0.4 is 0 Å². The molecular formula is C39H25N. The van der Waals surface area contributed by atoms with Gasteiger partial charge in [0.25, 0.3) is 0 Å². The first-order valence-electron chi connectivity index (χ1n) is 13.5. The van der Waals surface area contributed by atoms with Crippen molar-refractivity contribution in [1.29, 1.82) is 5.26 Å². The van der Waals surface area contributed by atoms with Gasteiger partial charge in [-0.2, -0.15) is 5.26 Å². The van der Waals surface area contributed by atoms with Crippen LogP contribution in [0, 0.1) is 11.3 Å². The third-order valence-corrected chi connectivity index (χ3v) is 7.66. The molecule has 0 saturated carbocycles. The lowest BCUT2D eigenvalue weighted by Crippen LogP contribution is -1.97. The molecule has 1 nitrogen and oxygen atoms in total. The summed E-state index contributed by atoms with van der Waals surface area (Å²) in [5, 5.41) is 14.3. The first-order chi connectivity index (χ1) is 19.8. The van der Waals surface area contributed by atoms with Crippen LogP contribution in [0.15, 0.2) is 152 Å². The van der Waals surface area contributed by atoms with Gasteiger partial charge in [0.1, 0.15) is 0 Å². The fraction of sp³-hybridized carbons (Fsp3) is 0. The molecule has 1 heteroatoms. The van der Waals surface area contributed by atoms with Crippen molar-refractivity contribution in [1.82, 2.24) is 0 Å². The monoisotopic (exact) mass is 507 g/mol. The van der Waals surface area contributed by atoms with Gasteiger partial charge in [0, 0.05) is 0 Å². The Balaban J connectivity index is 1.77. The number of benzene rings is 7. The van der Waals surface area contributed by atoms with Crippen LogP contribution in [-0.4, -0.2) is 0 Å². The lowest BCUT2D eigenvalue weighted by Gasteiger charge is -2.24. The van der Waals surface area contributed by atoms with E-state index in [1.165, 1.54) is 54.9 Å². The highest BCUT2D eigenvalue weighted by molar-refractivity contribution is 6.20. The molecule has 0 spiro atoms. The predicted octanol–water partition coefficient (Wildman–Crippen LogP) is 10.5. The molecule has 0 aliphatic rings. The van der Waals surface area contributed by atoms with Crippen molar-refractivity contribution in [3.8, 4) is 50.6 Å². The van der Waals surface area contributed by atoms with Gasteiger partial charge in [-0.05, 0) is 90.3 Å². The van der Waals surface area contributed by atoms with E-state index >= 15 is 0 Å². The van der Waals surface area contributed by atoms with E-state index in [0.717, 1.165) is 11.1 Å². The van der Waals surface area contributed by atoms with Gasteiger partial charge in [-0.15, -0.1) is 0 Å². The van der Waals surface area contributed by atoms with Crippen LogP contribution in [0.4, 0.5) is 0 Å². The molecule has 0 heterocycles. The number of nitriles is 1. The highest BCUT2D eigenvalue weighted by Gasteiger charge is 2.24. The van der Waals surface area contributed by atoms with Crippen molar-refractivity contribution < 1.29 is 0 Å². The lowest BCUT2D eigenvalue weighted by atomic mass is 9.78. The van der Waals surface area contributed by atoms with E-state index in [1.807, 2.05) is 12.1 Å². The summed E-state index contributed by atoms with van der Waals surface area (Å²) in [5.74, 6) is 0. The number of fused-ring (bicyclic) bond motifs is 2. The molecule has 0 saturated heterocycles. The molecule has 0 fully saturated rings. The van der Waals surface area contributed by atoms with Gasteiger partial charge in [0.05, 0.1) is 11.6 Å². The summed E-state index contributed by atoms with van der Waals surface area (Å²) in [5.41, 5.74) is 10.1. The van der Waals surface area contributed by atoms with Crippen molar-refractivity contribution in [3.63, 3.8) is 0 Å². The molecule has 7 aromatic carbocycles. The molecule has 40 heavy (non-hydrogen) atoms. The summed E-state index contributed by atoms with van der Waals surface area (Å²) >= 11 is 0. The Morgan fingerprint density at radius 2 is 0.700 bits per heavy atom. The van der Waals surface area contributed by atoms with E-state index in [1.54, 1.807) is 0 Å². The molecule has 0 bridgehead atoms. The van der Waals surface area contributed by atoms with Crippen LogP contribution in [0.25, 0.3) is 66.1 Å². The van der Waals surface area contributed by atoms with E-state index in [0.29, 0.717) is 5.56 Å². The summed E-state index contributed by atoms with van der Waals surface area (Å²) in [6.07, 6.45) is 0. The Labute approximate surface area is 234 Å². The van der Waals surface area contributed by atoms with Crippen molar-refractivity contribution in [2.75, 3.05) is 0 Å². The Hall–Kier alpha value is -5.45. The Morgan fingerprint density at radius 1 is 0.350 bits per heavy atom. The van der Waals surface area contributed by atoms with Gasteiger partial charge >= 0.3 is 0 Å². The van der Waals surface area contributed by atoms with Gasteiger partial charge in [-0.25, -0.2) is 0 Å². The second-order valence-electron chi connectivity index (χ2n) is 10.0. The van der Waals surface area contributed by atoms with Crippen LogP contribution >= 0.6 is 0 Å². The van der Waals surface area contributed by atoms with Crippen LogP contribution in [0.5, 0.6) is 0 Å². The van der Waals surface area contributed by atoms with Crippen LogP contribution in [-0.2, 0) is 0 Å². The number of nitrogens with zero attached hydrogens (tertiary/aromatic N) is 1. The quantitative estimate of drug-likeness (QED) is 0.217. The van der Waals surface area contributed by atoms with E-state index in [2.05, 4.69) is 146 Å². The van der Waals surface area contributed by atoms with Gasteiger partial charge < -0.3 is 0 Å². The fourth-order valence-electron chi connectivity index (χ4n) is 5.88. The van der Waals surface area contributed by atoms with Gasteiger partial charge in [-0.3, -0.25) is 0 Å². The fourth-order valence-corrected chi connectivity index (χ4v) is 5.88. The SMILES string of the molecule is N#Cc1ccc(-c2c(-c3ccccc3)c(-c3ccccc3)c(-c3ccccc3)c3cc4ccccc4cc23)cc1. The number of hydrogen-bond acceptors (Lipinski definition) is 1. The predicted molar refractivity (Wildman–Crippen MR) is 168 cm³/mol. The van der Waals surface area contributed by atoms with Gasteiger partial charge in [-0.1, -0.05) is 127 Å². The zero-order valence-electron chi connectivity index (χ0n) is 21.9. The third kappa shape index (κ3) is 4.04. The highest BCUT2D eigenvalue weighted by Crippen LogP contribution is 2.51. The summed E-state index contributed by atoms with van der Waals surface area (Å²) in [6, 6.07) is 55.7. The average Bonchev–Trinajstić information content (AvgIpc) is 3.04. The second-order valence-corrected chi connectivity index (χ2v) is 10.0. The van der Waals surface area contributed by atoms with Crippen LogP contribution in [0.3, 0.4) is 0 Å². The molecular weight excluding hydrogens is 482 g/mol. The summed E-state index contributed by atoms with van der Waals surface area (Å²) < 4.78 is 0.